The van der Waals surface area contributed by atoms with Crippen molar-refractivity contribution in [2.45, 2.75) is 19.9 Å². The Kier molecular flexibility index (Phi) is 8.81. The average Bonchev–Trinajstić information content (AvgIpc) is 2.68. The van der Waals surface area contributed by atoms with Gasteiger partial charge in [-0.1, -0.05) is 0 Å². The van der Waals surface area contributed by atoms with Crippen LogP contribution >= 0.6 is 12.4 Å². The third kappa shape index (κ3) is 6.95. The van der Waals surface area contributed by atoms with E-state index < -0.39 is 0 Å². The van der Waals surface area contributed by atoms with Gasteiger partial charge in [0.05, 0.1) is 34.2 Å². The zero-order chi connectivity index (χ0) is 19.9. The smallest absolute Gasteiger partial charge is 0.119 e. The van der Waals surface area contributed by atoms with Gasteiger partial charge >= 0.3 is 0 Å². The fourth-order valence-corrected chi connectivity index (χ4v) is 3.04. The summed E-state index contributed by atoms with van der Waals surface area (Å²) in [6.07, 6.45) is 0. The van der Waals surface area contributed by atoms with E-state index in [-0.39, 0.29) is 12.4 Å². The molecule has 0 radical (unpaired) electrons. The van der Waals surface area contributed by atoms with Gasteiger partial charge in [0.25, 0.3) is 0 Å². The third-order valence-electron chi connectivity index (χ3n) is 4.22. The van der Waals surface area contributed by atoms with Gasteiger partial charge in [-0.25, -0.2) is 5.01 Å². The molecule has 0 aliphatic carbocycles. The van der Waals surface area contributed by atoms with Crippen LogP contribution in [0.2, 0.25) is 0 Å². The molecule has 0 unspecified atom stereocenters. The number of benzene rings is 2. The summed E-state index contributed by atoms with van der Waals surface area (Å²) in [5.74, 6) is 1.69. The van der Waals surface area contributed by atoms with Gasteiger partial charge in [0.1, 0.15) is 11.5 Å². The van der Waals surface area contributed by atoms with Crippen molar-refractivity contribution < 1.29 is 9.47 Å². The number of nitrogens with one attached hydrogen (secondary N) is 3. The lowest BCUT2D eigenvalue weighted by atomic mass is 10.3. The van der Waals surface area contributed by atoms with Gasteiger partial charge in [-0.15, -0.1) is 12.4 Å². The Morgan fingerprint density at radius 1 is 0.690 bits per heavy atom. The first-order valence-electron chi connectivity index (χ1n) is 9.38. The molecule has 1 heterocycles. The standard InChI is InChI=1S/C20H30N6O2.ClH/c1-16(2)21-24-13-25(22-17-5-9-19(27-3)10-6-17)15-26(14-24)23-18-7-11-20(28-4)12-8-18;/h5-12,16,21-23H,13-15H2,1-4H3;1H. The summed E-state index contributed by atoms with van der Waals surface area (Å²) in [7, 11) is 3.34. The Balaban J connectivity index is 0.00000300. The van der Waals surface area contributed by atoms with Crippen molar-refractivity contribution in [3.63, 3.8) is 0 Å². The highest BCUT2D eigenvalue weighted by molar-refractivity contribution is 5.85. The third-order valence-corrected chi connectivity index (χ3v) is 4.22. The minimum absolute atomic E-state index is 0. The van der Waals surface area contributed by atoms with Crippen LogP contribution in [0.3, 0.4) is 0 Å². The summed E-state index contributed by atoms with van der Waals surface area (Å²) >= 11 is 0. The number of anilines is 2. The lowest BCUT2D eigenvalue weighted by molar-refractivity contribution is -0.0387. The SMILES string of the molecule is COc1ccc(NN2CN(Nc3ccc(OC)cc3)CN(NC(C)C)C2)cc1.Cl. The van der Waals surface area contributed by atoms with Crippen molar-refractivity contribution in [3.05, 3.63) is 48.5 Å². The van der Waals surface area contributed by atoms with E-state index in [1.807, 2.05) is 48.5 Å². The summed E-state index contributed by atoms with van der Waals surface area (Å²) in [6, 6.07) is 16.2. The molecule has 160 valence electrons. The van der Waals surface area contributed by atoms with Gasteiger partial charge in [0, 0.05) is 17.4 Å². The average molecular weight is 423 g/mol. The van der Waals surface area contributed by atoms with Crippen LogP contribution in [-0.2, 0) is 0 Å². The molecule has 0 spiro atoms. The number of ether oxygens (including phenoxy) is 2. The van der Waals surface area contributed by atoms with E-state index in [9.17, 15) is 0 Å². The number of hydrogen-bond acceptors (Lipinski definition) is 8. The molecule has 9 heteroatoms. The molecule has 0 saturated carbocycles. The molecule has 29 heavy (non-hydrogen) atoms. The molecule has 0 aromatic heterocycles. The number of methoxy groups -OCH3 is 2. The largest absolute Gasteiger partial charge is 0.497 e. The highest BCUT2D eigenvalue weighted by Gasteiger charge is 2.24. The minimum Gasteiger partial charge on any atom is -0.497 e. The predicted octanol–water partition coefficient (Wildman–Crippen LogP) is 3.18. The van der Waals surface area contributed by atoms with Gasteiger partial charge < -0.3 is 20.3 Å². The second-order valence-electron chi connectivity index (χ2n) is 7.01. The number of halogens is 1. The molecule has 3 N–H and O–H groups in total. The second-order valence-corrected chi connectivity index (χ2v) is 7.01. The normalized spacial score (nSPS) is 15.6. The molecule has 2 aromatic rings. The molecule has 0 amide bonds. The molecular weight excluding hydrogens is 392 g/mol. The maximum absolute atomic E-state index is 5.23. The quantitative estimate of drug-likeness (QED) is 0.599. The monoisotopic (exact) mass is 422 g/mol. The van der Waals surface area contributed by atoms with Crippen LogP contribution in [-0.4, -0.2) is 55.3 Å². The van der Waals surface area contributed by atoms with Crippen LogP contribution in [0.4, 0.5) is 11.4 Å². The lowest BCUT2D eigenvalue weighted by Gasteiger charge is -2.43. The minimum atomic E-state index is 0. The number of hydrazine groups is 3. The molecule has 0 atom stereocenters. The maximum Gasteiger partial charge on any atom is 0.119 e. The number of nitrogens with zero attached hydrogens (tertiary/aromatic N) is 3. The number of rotatable bonds is 8. The molecule has 3 rings (SSSR count). The predicted molar refractivity (Wildman–Crippen MR) is 119 cm³/mol. The van der Waals surface area contributed by atoms with Crippen molar-refractivity contribution in [2.75, 3.05) is 45.1 Å². The van der Waals surface area contributed by atoms with E-state index in [0.29, 0.717) is 12.7 Å². The summed E-state index contributed by atoms with van der Waals surface area (Å²) in [5.41, 5.74) is 12.4. The molecule has 2 aromatic carbocycles. The Hall–Kier alpha value is -2.23. The Bertz CT molecular complexity index is 671. The Morgan fingerprint density at radius 2 is 1.07 bits per heavy atom. The molecule has 1 aliphatic heterocycles. The van der Waals surface area contributed by atoms with Crippen molar-refractivity contribution in [2.24, 2.45) is 0 Å². The van der Waals surface area contributed by atoms with Crippen LogP contribution in [0.1, 0.15) is 13.8 Å². The Labute approximate surface area is 179 Å². The van der Waals surface area contributed by atoms with E-state index in [2.05, 4.69) is 45.2 Å². The molecule has 8 nitrogen and oxygen atoms in total. The molecule has 1 saturated heterocycles. The lowest BCUT2D eigenvalue weighted by Crippen LogP contribution is -2.62. The van der Waals surface area contributed by atoms with Gasteiger partial charge in [-0.3, -0.25) is 5.43 Å². The summed E-state index contributed by atoms with van der Waals surface area (Å²) in [6.45, 7) is 6.46. The van der Waals surface area contributed by atoms with E-state index >= 15 is 0 Å². The van der Waals surface area contributed by atoms with E-state index in [4.69, 9.17) is 9.47 Å². The fourth-order valence-electron chi connectivity index (χ4n) is 3.04. The zero-order valence-corrected chi connectivity index (χ0v) is 18.2. The molecule has 0 bridgehead atoms. The highest BCUT2D eigenvalue weighted by Crippen LogP contribution is 2.19. The fraction of sp³-hybridized carbons (Fsp3) is 0.400. The molecular formula is C20H31ClN6O2. The van der Waals surface area contributed by atoms with Crippen LogP contribution in [0, 0.1) is 0 Å². The van der Waals surface area contributed by atoms with Crippen LogP contribution in [0.25, 0.3) is 0 Å². The van der Waals surface area contributed by atoms with Gasteiger partial charge in [0.15, 0.2) is 0 Å². The van der Waals surface area contributed by atoms with Crippen molar-refractivity contribution >= 4 is 23.8 Å². The topological polar surface area (TPSA) is 64.3 Å². The van der Waals surface area contributed by atoms with Crippen molar-refractivity contribution in [3.8, 4) is 11.5 Å². The first-order valence-corrected chi connectivity index (χ1v) is 9.38. The van der Waals surface area contributed by atoms with Crippen LogP contribution in [0.15, 0.2) is 48.5 Å². The van der Waals surface area contributed by atoms with E-state index in [0.717, 1.165) is 36.2 Å². The zero-order valence-electron chi connectivity index (χ0n) is 17.4. The number of hydrogen-bond donors (Lipinski definition) is 3. The first kappa shape index (κ1) is 23.1. The summed E-state index contributed by atoms with van der Waals surface area (Å²) < 4.78 is 10.5. The molecule has 1 aliphatic rings. The van der Waals surface area contributed by atoms with Gasteiger partial charge in [-0.2, -0.15) is 10.0 Å². The van der Waals surface area contributed by atoms with Crippen LogP contribution in [0.5, 0.6) is 11.5 Å². The molecule has 1 fully saturated rings. The van der Waals surface area contributed by atoms with Crippen molar-refractivity contribution in [1.82, 2.24) is 20.5 Å². The van der Waals surface area contributed by atoms with Gasteiger partial charge in [-0.05, 0) is 62.4 Å². The second kappa shape index (κ2) is 11.1. The van der Waals surface area contributed by atoms with E-state index in [1.165, 1.54) is 0 Å². The summed E-state index contributed by atoms with van der Waals surface area (Å²) in [4.78, 5) is 0. The van der Waals surface area contributed by atoms with E-state index in [1.54, 1.807) is 14.2 Å². The summed E-state index contributed by atoms with van der Waals surface area (Å²) in [5, 5.41) is 6.44. The highest BCUT2D eigenvalue weighted by atomic mass is 35.5. The Morgan fingerprint density at radius 3 is 1.41 bits per heavy atom. The first-order chi connectivity index (χ1) is 13.6. The van der Waals surface area contributed by atoms with Crippen LogP contribution < -0.4 is 25.8 Å². The van der Waals surface area contributed by atoms with Gasteiger partial charge in [0.2, 0.25) is 0 Å². The maximum atomic E-state index is 5.23. The van der Waals surface area contributed by atoms with Crippen molar-refractivity contribution in [1.29, 1.82) is 0 Å².